The van der Waals surface area contributed by atoms with E-state index >= 15 is 0 Å². The molecule has 2 aliphatic heterocycles. The molecule has 0 aromatic heterocycles. The van der Waals surface area contributed by atoms with Gasteiger partial charge in [-0.2, -0.15) is 0 Å². The molecular formula is C18H27BrN2O. The zero-order chi connectivity index (χ0) is 15.7. The minimum absolute atomic E-state index is 0.257. The summed E-state index contributed by atoms with van der Waals surface area (Å²) in [5.74, 6) is 0. The molecule has 0 bridgehead atoms. The molecule has 0 aliphatic carbocycles. The first-order chi connectivity index (χ1) is 10.5. The summed E-state index contributed by atoms with van der Waals surface area (Å²) < 4.78 is 1.18. The van der Waals surface area contributed by atoms with Crippen molar-refractivity contribution in [1.82, 2.24) is 4.90 Å². The van der Waals surface area contributed by atoms with Gasteiger partial charge in [-0.3, -0.25) is 0 Å². The van der Waals surface area contributed by atoms with Crippen LogP contribution in [0.4, 0.5) is 5.69 Å². The summed E-state index contributed by atoms with van der Waals surface area (Å²) in [5.41, 5.74) is 3.17. The third-order valence-electron chi connectivity index (χ3n) is 5.39. The van der Waals surface area contributed by atoms with E-state index < -0.39 is 0 Å². The number of piperidine rings is 1. The topological polar surface area (TPSA) is 26.7 Å². The average Bonchev–Trinajstić information content (AvgIpc) is 2.49. The van der Waals surface area contributed by atoms with E-state index in [-0.39, 0.29) is 12.0 Å². The Balaban J connectivity index is 1.79. The standard InChI is InChI=1S/C18H27BrN2O/c1-18(2)7-10-21(17-4-3-14(19)13-16(17)18)15-5-8-20(9-6-15)11-12-22/h3-4,13,15,22H,5-12H2,1-2H3. The number of aliphatic hydroxyl groups excluding tert-OH is 1. The van der Waals surface area contributed by atoms with Crippen molar-refractivity contribution in [1.29, 1.82) is 0 Å². The quantitative estimate of drug-likeness (QED) is 0.887. The number of nitrogens with zero attached hydrogens (tertiary/aromatic N) is 2. The minimum Gasteiger partial charge on any atom is -0.395 e. The van der Waals surface area contributed by atoms with E-state index in [9.17, 15) is 0 Å². The first-order valence-corrected chi connectivity index (χ1v) is 9.20. The molecule has 3 nitrogen and oxygen atoms in total. The molecule has 0 spiro atoms. The van der Waals surface area contributed by atoms with Crippen LogP contribution in [0.25, 0.3) is 0 Å². The van der Waals surface area contributed by atoms with Crippen LogP contribution in [0.1, 0.15) is 38.7 Å². The molecule has 3 rings (SSSR count). The molecule has 22 heavy (non-hydrogen) atoms. The van der Waals surface area contributed by atoms with Crippen LogP contribution < -0.4 is 4.90 Å². The zero-order valence-electron chi connectivity index (χ0n) is 13.7. The maximum atomic E-state index is 9.09. The second-order valence-electron chi connectivity index (χ2n) is 7.29. The van der Waals surface area contributed by atoms with Crippen LogP contribution in [0.5, 0.6) is 0 Å². The summed E-state index contributed by atoms with van der Waals surface area (Å²) in [7, 11) is 0. The van der Waals surface area contributed by atoms with E-state index in [1.165, 1.54) is 35.0 Å². The van der Waals surface area contributed by atoms with E-state index in [4.69, 9.17) is 5.11 Å². The molecule has 1 N–H and O–H groups in total. The molecule has 4 heteroatoms. The van der Waals surface area contributed by atoms with Gasteiger partial charge in [0.2, 0.25) is 0 Å². The summed E-state index contributed by atoms with van der Waals surface area (Å²) in [6.45, 7) is 9.20. The monoisotopic (exact) mass is 366 g/mol. The van der Waals surface area contributed by atoms with Gasteiger partial charge in [0.1, 0.15) is 0 Å². The van der Waals surface area contributed by atoms with Gasteiger partial charge in [-0.1, -0.05) is 29.8 Å². The van der Waals surface area contributed by atoms with Gasteiger partial charge in [0.05, 0.1) is 6.61 Å². The van der Waals surface area contributed by atoms with Crippen LogP contribution in [0.2, 0.25) is 0 Å². The number of likely N-dealkylation sites (tertiary alicyclic amines) is 1. The average molecular weight is 367 g/mol. The van der Waals surface area contributed by atoms with Crippen molar-refractivity contribution in [3.05, 3.63) is 28.2 Å². The highest BCUT2D eigenvalue weighted by Crippen LogP contribution is 2.42. The summed E-state index contributed by atoms with van der Waals surface area (Å²) >= 11 is 3.63. The third kappa shape index (κ3) is 3.19. The van der Waals surface area contributed by atoms with Crippen molar-refractivity contribution in [2.24, 2.45) is 0 Å². The van der Waals surface area contributed by atoms with Crippen LogP contribution in [0.15, 0.2) is 22.7 Å². The van der Waals surface area contributed by atoms with Crippen LogP contribution >= 0.6 is 15.9 Å². The summed E-state index contributed by atoms with van der Waals surface area (Å²) in [5, 5.41) is 9.09. The predicted octanol–water partition coefficient (Wildman–Crippen LogP) is 3.39. The fraction of sp³-hybridized carbons (Fsp3) is 0.667. The third-order valence-corrected chi connectivity index (χ3v) is 5.88. The molecule has 0 radical (unpaired) electrons. The summed E-state index contributed by atoms with van der Waals surface area (Å²) in [6.07, 6.45) is 3.62. The van der Waals surface area contributed by atoms with Gasteiger partial charge in [-0.15, -0.1) is 0 Å². The van der Waals surface area contributed by atoms with Gasteiger partial charge in [0.25, 0.3) is 0 Å². The lowest BCUT2D eigenvalue weighted by atomic mass is 9.77. The Morgan fingerprint density at radius 2 is 1.95 bits per heavy atom. The highest BCUT2D eigenvalue weighted by molar-refractivity contribution is 9.10. The Kier molecular flexibility index (Phi) is 4.81. The number of halogens is 1. The fourth-order valence-electron chi connectivity index (χ4n) is 3.93. The smallest absolute Gasteiger partial charge is 0.0558 e. The normalized spacial score (nSPS) is 22.6. The molecule has 0 amide bonds. The van der Waals surface area contributed by atoms with Crippen molar-refractivity contribution < 1.29 is 5.11 Å². The Labute approximate surface area is 142 Å². The molecule has 1 aromatic rings. The molecule has 122 valence electrons. The Bertz CT molecular complexity index is 524. The van der Waals surface area contributed by atoms with E-state index in [1.54, 1.807) is 0 Å². The first-order valence-electron chi connectivity index (χ1n) is 8.41. The first kappa shape index (κ1) is 16.3. The maximum Gasteiger partial charge on any atom is 0.0558 e. The van der Waals surface area contributed by atoms with Gasteiger partial charge in [-0.25, -0.2) is 0 Å². The molecule has 1 saturated heterocycles. The predicted molar refractivity (Wildman–Crippen MR) is 95.7 cm³/mol. The van der Waals surface area contributed by atoms with Gasteiger partial charge < -0.3 is 14.9 Å². The van der Waals surface area contributed by atoms with Crippen molar-refractivity contribution in [2.75, 3.05) is 37.7 Å². The van der Waals surface area contributed by atoms with Crippen molar-refractivity contribution in [3.63, 3.8) is 0 Å². The number of fused-ring (bicyclic) bond motifs is 1. The Hall–Kier alpha value is -0.580. The number of rotatable bonds is 3. The number of aliphatic hydroxyl groups is 1. The number of hydrogen-bond donors (Lipinski definition) is 1. The SMILES string of the molecule is CC1(C)CCN(C2CCN(CCO)CC2)c2ccc(Br)cc21. The second kappa shape index (κ2) is 6.50. The number of anilines is 1. The molecule has 2 aliphatic rings. The Morgan fingerprint density at radius 3 is 2.64 bits per heavy atom. The van der Waals surface area contributed by atoms with Crippen molar-refractivity contribution in [3.8, 4) is 0 Å². The van der Waals surface area contributed by atoms with Gasteiger partial charge in [0.15, 0.2) is 0 Å². The molecule has 1 aromatic carbocycles. The maximum absolute atomic E-state index is 9.09. The largest absolute Gasteiger partial charge is 0.395 e. The molecule has 0 saturated carbocycles. The van der Waals surface area contributed by atoms with Crippen molar-refractivity contribution in [2.45, 2.75) is 44.6 Å². The van der Waals surface area contributed by atoms with Gasteiger partial charge in [0, 0.05) is 42.4 Å². The summed E-state index contributed by atoms with van der Waals surface area (Å²) in [4.78, 5) is 5.02. The van der Waals surface area contributed by atoms with Crippen LogP contribution in [0.3, 0.4) is 0 Å². The lowest BCUT2D eigenvalue weighted by molar-refractivity contribution is 0.161. The van der Waals surface area contributed by atoms with E-state index in [2.05, 4.69) is 57.8 Å². The van der Waals surface area contributed by atoms with Crippen molar-refractivity contribution >= 4 is 21.6 Å². The molecule has 2 heterocycles. The molecule has 1 fully saturated rings. The van der Waals surface area contributed by atoms with E-state index in [0.717, 1.165) is 26.2 Å². The lowest BCUT2D eigenvalue weighted by Crippen LogP contribution is -2.49. The number of hydrogen-bond acceptors (Lipinski definition) is 3. The zero-order valence-corrected chi connectivity index (χ0v) is 15.3. The highest BCUT2D eigenvalue weighted by atomic mass is 79.9. The van der Waals surface area contributed by atoms with E-state index in [1.807, 2.05) is 0 Å². The molecular weight excluding hydrogens is 340 g/mol. The van der Waals surface area contributed by atoms with Gasteiger partial charge >= 0.3 is 0 Å². The van der Waals surface area contributed by atoms with Gasteiger partial charge in [-0.05, 0) is 48.4 Å². The fourth-order valence-corrected chi connectivity index (χ4v) is 4.29. The van der Waals surface area contributed by atoms with Crippen LogP contribution in [-0.4, -0.2) is 48.8 Å². The number of β-amino-alcohol motifs (C(OH)–C–C–N with tert-alkyl or cyclic N) is 1. The van der Waals surface area contributed by atoms with E-state index in [0.29, 0.717) is 6.04 Å². The number of benzene rings is 1. The minimum atomic E-state index is 0.257. The van der Waals surface area contributed by atoms with Crippen LogP contribution in [0, 0.1) is 0 Å². The van der Waals surface area contributed by atoms with Crippen LogP contribution in [-0.2, 0) is 5.41 Å². The highest BCUT2D eigenvalue weighted by Gasteiger charge is 2.35. The molecule has 0 unspecified atom stereocenters. The second-order valence-corrected chi connectivity index (χ2v) is 8.20. The molecule has 0 atom stereocenters. The Morgan fingerprint density at radius 1 is 1.23 bits per heavy atom. The summed E-state index contributed by atoms with van der Waals surface area (Å²) in [6, 6.07) is 7.42. The lowest BCUT2D eigenvalue weighted by Gasteiger charge is -2.46.